The molecular formula is C28H31N5O9. The van der Waals surface area contributed by atoms with E-state index in [0.717, 1.165) is 22.3 Å². The zero-order valence-corrected chi connectivity index (χ0v) is 22.9. The van der Waals surface area contributed by atoms with Crippen LogP contribution in [-0.2, 0) is 33.4 Å². The molecule has 1 heterocycles. The molecule has 222 valence electrons. The molecule has 0 radical (unpaired) electrons. The summed E-state index contributed by atoms with van der Waals surface area (Å²) in [6.45, 7) is 2.63. The van der Waals surface area contributed by atoms with Gasteiger partial charge in [0.15, 0.2) is 0 Å². The summed E-state index contributed by atoms with van der Waals surface area (Å²) in [6, 6.07) is 13.0. The third-order valence-corrected chi connectivity index (χ3v) is 6.53. The second kappa shape index (κ2) is 15.5. The van der Waals surface area contributed by atoms with Gasteiger partial charge in [-0.15, -0.1) is 0 Å². The van der Waals surface area contributed by atoms with Gasteiger partial charge >= 0.3 is 6.16 Å². The van der Waals surface area contributed by atoms with Crippen LogP contribution in [0, 0.1) is 0 Å². The first kappa shape index (κ1) is 30.5. The molecule has 0 spiro atoms. The van der Waals surface area contributed by atoms with Crippen LogP contribution in [0.15, 0.2) is 47.6 Å². The van der Waals surface area contributed by atoms with Crippen LogP contribution in [0.4, 0.5) is 4.79 Å². The highest BCUT2D eigenvalue weighted by Crippen LogP contribution is 2.45. The minimum absolute atomic E-state index is 0.0141. The van der Waals surface area contributed by atoms with Crippen molar-refractivity contribution in [2.24, 2.45) is 5.11 Å². The highest BCUT2D eigenvalue weighted by Gasteiger charge is 2.35. The van der Waals surface area contributed by atoms with Crippen LogP contribution in [0.1, 0.15) is 40.2 Å². The van der Waals surface area contributed by atoms with Crippen LogP contribution >= 0.6 is 0 Å². The summed E-state index contributed by atoms with van der Waals surface area (Å²) in [4.78, 5) is 56.0. The first-order chi connectivity index (χ1) is 20.5. The second-order valence-corrected chi connectivity index (χ2v) is 9.22. The second-order valence-electron chi connectivity index (χ2n) is 9.22. The van der Waals surface area contributed by atoms with Crippen molar-refractivity contribution in [3.8, 4) is 11.1 Å². The zero-order valence-electron chi connectivity index (χ0n) is 22.9. The van der Waals surface area contributed by atoms with Crippen molar-refractivity contribution in [3.63, 3.8) is 0 Å². The highest BCUT2D eigenvalue weighted by molar-refractivity contribution is 6.01. The van der Waals surface area contributed by atoms with Crippen LogP contribution in [0.5, 0.6) is 0 Å². The lowest BCUT2D eigenvalue weighted by Crippen LogP contribution is -2.32. The summed E-state index contributed by atoms with van der Waals surface area (Å²) in [5, 5.41) is 6.63. The van der Waals surface area contributed by atoms with E-state index in [4.69, 9.17) is 29.3 Å². The Morgan fingerprint density at radius 2 is 1.57 bits per heavy atom. The zero-order chi connectivity index (χ0) is 29.7. The number of fused-ring (bicyclic) bond motifs is 3. The lowest BCUT2D eigenvalue weighted by atomic mass is 9.96. The molecule has 0 saturated carbocycles. The number of ether oxygens (including phenoxy) is 4. The number of hydrogen-bond donors (Lipinski definition) is 1. The van der Waals surface area contributed by atoms with E-state index in [2.05, 4.69) is 15.3 Å². The number of amides is 3. The molecule has 2 aliphatic rings. The van der Waals surface area contributed by atoms with E-state index in [-0.39, 0.29) is 37.8 Å². The standard InChI is InChI=1S/C28H31N5O9/c29-32-31-10-12-39-14-16-40-15-13-38-11-9-30-27(36)19-5-6-22-20-3-1-2-4-21(20)24(23(22)17-19)18-41-28(37)42-33-25(34)7-8-26(33)35/h1-6,17,24H,7-16,18H2,(H,30,36). The molecule has 1 fully saturated rings. The molecule has 0 bridgehead atoms. The Balaban J connectivity index is 1.23. The molecule has 14 nitrogen and oxygen atoms in total. The van der Waals surface area contributed by atoms with Gasteiger partial charge in [0.25, 0.3) is 17.7 Å². The topological polar surface area (TPSA) is 178 Å². The summed E-state index contributed by atoms with van der Waals surface area (Å²) < 4.78 is 21.4. The Hall–Kier alpha value is -4.49. The molecule has 1 saturated heterocycles. The van der Waals surface area contributed by atoms with Crippen molar-refractivity contribution in [1.82, 2.24) is 10.4 Å². The summed E-state index contributed by atoms with van der Waals surface area (Å²) in [5.41, 5.74) is 12.2. The van der Waals surface area contributed by atoms with Crippen molar-refractivity contribution in [3.05, 3.63) is 69.6 Å². The van der Waals surface area contributed by atoms with Gasteiger partial charge in [-0.05, 0) is 39.9 Å². The van der Waals surface area contributed by atoms with E-state index in [1.807, 2.05) is 30.3 Å². The molecule has 1 atom stereocenters. The first-order valence-corrected chi connectivity index (χ1v) is 13.5. The summed E-state index contributed by atoms with van der Waals surface area (Å²) in [5.74, 6) is -1.84. The molecule has 3 amide bonds. The normalized spacial score (nSPS) is 15.1. The quantitative estimate of drug-likeness (QED) is 0.0778. The monoisotopic (exact) mass is 581 g/mol. The summed E-state index contributed by atoms with van der Waals surface area (Å²) in [6.07, 6.45) is -1.18. The fourth-order valence-corrected chi connectivity index (χ4v) is 4.57. The smallest absolute Gasteiger partial charge is 0.432 e. The number of nitrogens with one attached hydrogen (secondary N) is 1. The average Bonchev–Trinajstić information content (AvgIpc) is 3.49. The van der Waals surface area contributed by atoms with Crippen LogP contribution in [0.2, 0.25) is 0 Å². The summed E-state index contributed by atoms with van der Waals surface area (Å²) in [7, 11) is 0. The molecule has 1 aliphatic carbocycles. The molecule has 4 rings (SSSR count). The van der Waals surface area contributed by atoms with Crippen molar-refractivity contribution in [2.45, 2.75) is 18.8 Å². The minimum Gasteiger partial charge on any atom is -0.432 e. The Morgan fingerprint density at radius 3 is 2.31 bits per heavy atom. The number of azide groups is 1. The SMILES string of the molecule is [N-]=[N+]=NCCOCCOCCOCCNC(=O)c1ccc2c(c1)C(COC(=O)ON1C(=O)CCC1=O)c1ccccc1-2. The number of carbonyl (C=O) groups is 4. The predicted molar refractivity (Wildman–Crippen MR) is 146 cm³/mol. The van der Waals surface area contributed by atoms with Crippen molar-refractivity contribution >= 4 is 23.9 Å². The average molecular weight is 582 g/mol. The van der Waals surface area contributed by atoms with Crippen LogP contribution < -0.4 is 5.32 Å². The van der Waals surface area contributed by atoms with Gasteiger partial charge in [-0.1, -0.05) is 40.5 Å². The van der Waals surface area contributed by atoms with Crippen molar-refractivity contribution in [1.29, 1.82) is 0 Å². The maximum absolute atomic E-state index is 12.8. The molecule has 1 N–H and O–H groups in total. The Labute approximate surface area is 241 Å². The molecule has 2 aromatic carbocycles. The lowest BCUT2D eigenvalue weighted by Gasteiger charge is -2.16. The van der Waals surface area contributed by atoms with Gasteiger partial charge in [0, 0.05) is 42.3 Å². The van der Waals surface area contributed by atoms with Crippen LogP contribution in [0.3, 0.4) is 0 Å². The van der Waals surface area contributed by atoms with Gasteiger partial charge in [0.1, 0.15) is 6.61 Å². The maximum Gasteiger partial charge on any atom is 0.533 e. The van der Waals surface area contributed by atoms with Gasteiger partial charge in [0.05, 0.1) is 39.6 Å². The number of rotatable bonds is 16. The Kier molecular flexibility index (Phi) is 11.2. The van der Waals surface area contributed by atoms with Gasteiger partial charge in [-0.2, -0.15) is 0 Å². The predicted octanol–water partition coefficient (Wildman–Crippen LogP) is 3.11. The van der Waals surface area contributed by atoms with E-state index in [1.54, 1.807) is 12.1 Å². The van der Waals surface area contributed by atoms with Gasteiger partial charge < -0.3 is 24.3 Å². The summed E-state index contributed by atoms with van der Waals surface area (Å²) >= 11 is 0. The number of hydroxylamine groups is 2. The Bertz CT molecular complexity index is 1330. The third-order valence-electron chi connectivity index (χ3n) is 6.53. The first-order valence-electron chi connectivity index (χ1n) is 13.5. The number of carbonyl (C=O) groups excluding carboxylic acids is 4. The van der Waals surface area contributed by atoms with E-state index in [0.29, 0.717) is 56.8 Å². The van der Waals surface area contributed by atoms with E-state index in [9.17, 15) is 19.2 Å². The van der Waals surface area contributed by atoms with Gasteiger partial charge in [-0.3, -0.25) is 19.2 Å². The van der Waals surface area contributed by atoms with E-state index in [1.165, 1.54) is 0 Å². The third kappa shape index (κ3) is 8.04. The fourth-order valence-electron chi connectivity index (χ4n) is 4.57. The molecule has 2 aromatic rings. The largest absolute Gasteiger partial charge is 0.533 e. The van der Waals surface area contributed by atoms with Gasteiger partial charge in [-0.25, -0.2) is 4.79 Å². The fraction of sp³-hybridized carbons (Fsp3) is 0.429. The molecule has 14 heteroatoms. The number of imide groups is 1. The molecular weight excluding hydrogens is 550 g/mol. The number of benzene rings is 2. The molecule has 42 heavy (non-hydrogen) atoms. The van der Waals surface area contributed by atoms with Crippen LogP contribution in [-0.4, -0.2) is 88.3 Å². The number of nitrogens with zero attached hydrogens (tertiary/aromatic N) is 4. The van der Waals surface area contributed by atoms with E-state index < -0.39 is 18.0 Å². The number of hydrogen-bond acceptors (Lipinski definition) is 10. The van der Waals surface area contributed by atoms with Gasteiger partial charge in [0.2, 0.25) is 0 Å². The van der Waals surface area contributed by atoms with E-state index >= 15 is 0 Å². The molecule has 0 aromatic heterocycles. The maximum atomic E-state index is 12.8. The van der Waals surface area contributed by atoms with Crippen LogP contribution in [0.25, 0.3) is 21.6 Å². The van der Waals surface area contributed by atoms with Crippen molar-refractivity contribution < 1.29 is 43.0 Å². The minimum atomic E-state index is -1.15. The highest BCUT2D eigenvalue weighted by atomic mass is 16.8. The lowest BCUT2D eigenvalue weighted by molar-refractivity contribution is -0.177. The molecule has 1 unspecified atom stereocenters. The Morgan fingerprint density at radius 1 is 0.905 bits per heavy atom. The van der Waals surface area contributed by atoms with Crippen molar-refractivity contribution in [2.75, 3.05) is 59.3 Å². The molecule has 1 aliphatic heterocycles.